The molecule has 414 valence electrons. The zero-order chi connectivity index (χ0) is 52.9. The summed E-state index contributed by atoms with van der Waals surface area (Å²) < 4.78 is 30.2. The molecule has 9 nitrogen and oxygen atoms in total. The van der Waals surface area contributed by atoms with Gasteiger partial charge in [0.05, 0.1) is 33.8 Å². The van der Waals surface area contributed by atoms with Crippen LogP contribution in [0.4, 0.5) is 0 Å². The number of phosphoric ester groups is 1. The van der Waals surface area contributed by atoms with E-state index in [-0.39, 0.29) is 31.3 Å². The zero-order valence-corrected chi connectivity index (χ0v) is 48.0. The van der Waals surface area contributed by atoms with E-state index in [0.29, 0.717) is 23.9 Å². The summed E-state index contributed by atoms with van der Waals surface area (Å²) in [4.78, 5) is 39.8. The van der Waals surface area contributed by atoms with Crippen LogP contribution in [-0.2, 0) is 27.9 Å². The van der Waals surface area contributed by atoms with E-state index >= 15 is 0 Å². The Hall–Kier alpha value is -3.07. The van der Waals surface area contributed by atoms with E-state index in [1.807, 2.05) is 27.2 Å². The average molecular weight is 1030 g/mol. The second kappa shape index (κ2) is 51.4. The Labute approximate surface area is 443 Å². The predicted octanol–water partition coefficient (Wildman–Crippen LogP) is 17.0. The summed E-state index contributed by atoms with van der Waals surface area (Å²) >= 11 is 0. The first-order chi connectivity index (χ1) is 34.9. The summed E-state index contributed by atoms with van der Waals surface area (Å²) in [5, 5.41) is 2.98. The van der Waals surface area contributed by atoms with Crippen LogP contribution >= 0.6 is 7.82 Å². The Balaban J connectivity index is 5.49. The number of nitrogens with one attached hydrogen (secondary N) is 1. The average Bonchev–Trinajstić information content (AvgIpc) is 3.34. The SMILES string of the molecule is CCCCC/C=C\C/C=C\C/C=C\C/C=C\CCCC(=O)NC(COP(=O)([O-])OCC[N+](C)(C)C)C(/C=C/CCCCCCCCCCCC)OC(=O)CCCCCC/C=C\C/C=C\C/C=C\CCCCC. The number of allylic oxidation sites excluding steroid dienone is 15. The topological polar surface area (TPSA) is 114 Å². The zero-order valence-electron chi connectivity index (χ0n) is 47.1. The molecule has 0 heterocycles. The van der Waals surface area contributed by atoms with Crippen molar-refractivity contribution in [2.75, 3.05) is 40.9 Å². The first-order valence-corrected chi connectivity index (χ1v) is 30.5. The van der Waals surface area contributed by atoms with Crippen molar-refractivity contribution in [2.45, 2.75) is 245 Å². The number of ether oxygens (including phenoxy) is 1. The second-order valence-electron chi connectivity index (χ2n) is 20.4. The highest BCUT2D eigenvalue weighted by Crippen LogP contribution is 2.38. The molecule has 0 aromatic carbocycles. The lowest BCUT2D eigenvalue weighted by molar-refractivity contribution is -0.870. The molecule has 0 saturated carbocycles. The number of phosphoric acid groups is 1. The van der Waals surface area contributed by atoms with Crippen molar-refractivity contribution in [3.05, 3.63) is 97.2 Å². The molecule has 0 aliphatic heterocycles. The molecular formula is C62H109N2O7P. The van der Waals surface area contributed by atoms with E-state index in [2.05, 4.69) is 111 Å². The van der Waals surface area contributed by atoms with Crippen LogP contribution in [0.25, 0.3) is 0 Å². The number of likely N-dealkylation sites (N-methyl/N-ethyl adjacent to an activating group) is 1. The number of hydrogen-bond donors (Lipinski definition) is 1. The first kappa shape index (κ1) is 68.9. The number of unbranched alkanes of at least 4 members (excludes halogenated alkanes) is 21. The van der Waals surface area contributed by atoms with Gasteiger partial charge in [-0.05, 0) is 109 Å². The molecule has 1 amide bonds. The molecule has 0 spiro atoms. The lowest BCUT2D eigenvalue weighted by atomic mass is 10.1. The van der Waals surface area contributed by atoms with E-state index in [0.717, 1.165) is 83.5 Å². The van der Waals surface area contributed by atoms with Gasteiger partial charge >= 0.3 is 5.97 Å². The van der Waals surface area contributed by atoms with Crippen molar-refractivity contribution >= 4 is 19.7 Å². The van der Waals surface area contributed by atoms with Crippen molar-refractivity contribution in [1.82, 2.24) is 5.32 Å². The quantitative estimate of drug-likeness (QED) is 0.0212. The van der Waals surface area contributed by atoms with Crippen molar-refractivity contribution in [1.29, 1.82) is 0 Å². The Bertz CT molecular complexity index is 1560. The molecule has 0 aromatic rings. The van der Waals surface area contributed by atoms with E-state index in [1.54, 1.807) is 6.08 Å². The third kappa shape index (κ3) is 51.8. The smallest absolute Gasteiger partial charge is 0.306 e. The number of rotatable bonds is 51. The fraction of sp³-hybridized carbons (Fsp3) is 0.710. The second-order valence-corrected chi connectivity index (χ2v) is 21.8. The predicted molar refractivity (Wildman–Crippen MR) is 307 cm³/mol. The number of quaternary nitrogens is 1. The number of amides is 1. The summed E-state index contributed by atoms with van der Waals surface area (Å²) in [6, 6.07) is -0.931. The molecule has 0 rings (SSSR count). The van der Waals surface area contributed by atoms with Crippen LogP contribution in [0.1, 0.15) is 233 Å². The van der Waals surface area contributed by atoms with Gasteiger partial charge in [-0.2, -0.15) is 0 Å². The summed E-state index contributed by atoms with van der Waals surface area (Å²) in [6.45, 7) is 6.71. The Morgan fingerprint density at radius 3 is 1.32 bits per heavy atom. The van der Waals surface area contributed by atoms with Crippen molar-refractivity contribution in [3.63, 3.8) is 0 Å². The van der Waals surface area contributed by atoms with Crippen molar-refractivity contribution < 1.29 is 37.3 Å². The maximum atomic E-state index is 13.5. The maximum absolute atomic E-state index is 13.5. The molecule has 3 unspecified atom stereocenters. The minimum Gasteiger partial charge on any atom is -0.756 e. The largest absolute Gasteiger partial charge is 0.756 e. The van der Waals surface area contributed by atoms with Crippen molar-refractivity contribution in [2.24, 2.45) is 0 Å². The standard InChI is InChI=1S/C62H109N2O7P/c1-7-10-13-16-19-22-25-28-30-32-34-36-39-42-45-48-51-54-61(65)63-59(58-70-72(67,68)69-57-56-64(4,5)6)60(53-50-47-44-41-38-27-24-21-18-15-12-9-3)71-62(66)55-52-49-46-43-40-37-35-33-31-29-26-23-20-17-14-11-8-2/h19-20,22-23,28-31,34-37,42,45,50,53,59-60H,7-18,21,24-27,32-33,38-41,43-44,46-49,51-52,54-58H2,1-6H3,(H-,63,65,67,68)/b22-19-,23-20-,30-28-,31-29-,36-34-,37-35-,45-42-,53-50+. The highest BCUT2D eigenvalue weighted by Gasteiger charge is 2.27. The molecule has 0 aliphatic carbocycles. The minimum atomic E-state index is -4.72. The van der Waals surface area contributed by atoms with Crippen LogP contribution in [0.5, 0.6) is 0 Å². The van der Waals surface area contributed by atoms with Gasteiger partial charge in [-0.15, -0.1) is 0 Å². The molecule has 0 fully saturated rings. The Morgan fingerprint density at radius 1 is 0.486 bits per heavy atom. The van der Waals surface area contributed by atoms with E-state index in [9.17, 15) is 19.0 Å². The van der Waals surface area contributed by atoms with E-state index in [1.165, 1.54) is 103 Å². The van der Waals surface area contributed by atoms with Gasteiger partial charge in [0.15, 0.2) is 0 Å². The molecule has 1 N–H and O–H groups in total. The third-order valence-electron chi connectivity index (χ3n) is 12.2. The van der Waals surface area contributed by atoms with Crippen LogP contribution in [0, 0.1) is 0 Å². The number of carbonyl (C=O) groups is 2. The summed E-state index contributed by atoms with van der Waals surface area (Å²) in [7, 11) is 1.12. The number of hydrogen-bond acceptors (Lipinski definition) is 7. The summed E-state index contributed by atoms with van der Waals surface area (Å²) in [6.07, 6.45) is 68.0. The molecule has 0 bridgehead atoms. The van der Waals surface area contributed by atoms with Gasteiger partial charge < -0.3 is 28.5 Å². The monoisotopic (exact) mass is 1020 g/mol. The van der Waals surface area contributed by atoms with Crippen LogP contribution in [0.3, 0.4) is 0 Å². The molecule has 72 heavy (non-hydrogen) atoms. The first-order valence-electron chi connectivity index (χ1n) is 29.0. The minimum absolute atomic E-state index is 0.0407. The molecule has 10 heteroatoms. The lowest BCUT2D eigenvalue weighted by Crippen LogP contribution is -2.47. The van der Waals surface area contributed by atoms with Gasteiger partial charge in [-0.3, -0.25) is 14.2 Å². The van der Waals surface area contributed by atoms with Crippen LogP contribution in [0.15, 0.2) is 97.2 Å². The van der Waals surface area contributed by atoms with Crippen LogP contribution in [0.2, 0.25) is 0 Å². The molecule has 0 radical (unpaired) electrons. The van der Waals surface area contributed by atoms with E-state index in [4.69, 9.17) is 13.8 Å². The number of esters is 1. The van der Waals surface area contributed by atoms with Gasteiger partial charge in [0.25, 0.3) is 7.82 Å². The van der Waals surface area contributed by atoms with Gasteiger partial charge in [-0.25, -0.2) is 0 Å². The molecular weight excluding hydrogens is 916 g/mol. The Morgan fingerprint density at radius 2 is 0.861 bits per heavy atom. The molecule has 0 aliphatic rings. The Kier molecular flexibility index (Phi) is 49.2. The third-order valence-corrected chi connectivity index (χ3v) is 13.2. The van der Waals surface area contributed by atoms with Crippen LogP contribution < -0.4 is 10.2 Å². The number of carbonyl (C=O) groups excluding carboxylic acids is 2. The van der Waals surface area contributed by atoms with E-state index < -0.39 is 26.6 Å². The fourth-order valence-corrected chi connectivity index (χ4v) is 8.42. The summed E-state index contributed by atoms with van der Waals surface area (Å²) in [5.74, 6) is -0.638. The fourth-order valence-electron chi connectivity index (χ4n) is 7.70. The molecule has 0 saturated heterocycles. The lowest BCUT2D eigenvalue weighted by Gasteiger charge is -2.30. The van der Waals surface area contributed by atoms with Crippen molar-refractivity contribution in [3.8, 4) is 0 Å². The van der Waals surface area contributed by atoms with Gasteiger partial charge in [0.2, 0.25) is 5.91 Å². The van der Waals surface area contributed by atoms with Gasteiger partial charge in [0.1, 0.15) is 19.3 Å². The molecule has 3 atom stereocenters. The highest BCUT2D eigenvalue weighted by atomic mass is 31.2. The normalized spacial score (nSPS) is 14.5. The van der Waals surface area contributed by atoms with Gasteiger partial charge in [-0.1, -0.05) is 208 Å². The maximum Gasteiger partial charge on any atom is 0.306 e. The van der Waals surface area contributed by atoms with Gasteiger partial charge in [0, 0.05) is 12.8 Å². The highest BCUT2D eigenvalue weighted by molar-refractivity contribution is 7.45. The number of nitrogens with zero attached hydrogens (tertiary/aromatic N) is 1. The summed E-state index contributed by atoms with van der Waals surface area (Å²) in [5.41, 5.74) is 0. The van der Waals surface area contributed by atoms with Crippen LogP contribution in [-0.4, -0.2) is 69.4 Å². The molecule has 0 aromatic heterocycles.